The van der Waals surface area contributed by atoms with Crippen LogP contribution in [-0.2, 0) is 4.84 Å². The highest BCUT2D eigenvalue weighted by Gasteiger charge is 2.30. The number of nitrogens with one attached hydrogen (secondary N) is 1. The minimum absolute atomic E-state index is 0.330. The quantitative estimate of drug-likeness (QED) is 0.665. The fraction of sp³-hybridized carbons (Fsp3) is 0.556. The zero-order chi connectivity index (χ0) is 16.8. The lowest BCUT2D eigenvalue weighted by Crippen LogP contribution is -3.12. The number of carbonyl (C=O) groups excluding carboxylic acids is 1. The van der Waals surface area contributed by atoms with Gasteiger partial charge in [0.25, 0.3) is 0 Å². The second-order valence-corrected chi connectivity index (χ2v) is 6.44. The molecule has 1 aromatic rings. The monoisotopic (exact) mass is 319 g/mol. The number of hydrogen-bond donors (Lipinski definition) is 1. The molecule has 126 valence electrons. The van der Waals surface area contributed by atoms with Crippen LogP contribution in [0, 0.1) is 11.8 Å². The first-order chi connectivity index (χ1) is 11.0. The van der Waals surface area contributed by atoms with Gasteiger partial charge in [-0.3, -0.25) is 0 Å². The molecule has 1 aromatic carbocycles. The number of nitrogens with zero attached hydrogens (tertiary/aromatic N) is 1. The molecule has 1 fully saturated rings. The maximum atomic E-state index is 12.1. The van der Waals surface area contributed by atoms with Gasteiger partial charge in [0.2, 0.25) is 0 Å². The normalized spacial score (nSPS) is 26.1. The molecule has 0 radical (unpaired) electrons. The highest BCUT2D eigenvalue weighted by molar-refractivity contribution is 5.92. The number of hydrogen-bond acceptors (Lipinski definition) is 4. The molecule has 3 atom stereocenters. The van der Waals surface area contributed by atoms with Crippen LogP contribution in [0.1, 0.15) is 37.6 Å². The number of quaternary nitrogens is 1. The van der Waals surface area contributed by atoms with Gasteiger partial charge in [0.1, 0.15) is 5.75 Å². The number of piperidine rings is 1. The molecule has 23 heavy (non-hydrogen) atoms. The van der Waals surface area contributed by atoms with Crippen molar-refractivity contribution in [1.29, 1.82) is 0 Å². The maximum absolute atomic E-state index is 12.1. The van der Waals surface area contributed by atoms with Crippen molar-refractivity contribution in [3.8, 4) is 5.75 Å². The molecule has 1 saturated heterocycles. The van der Waals surface area contributed by atoms with Gasteiger partial charge in [-0.2, -0.15) is 0 Å². The lowest BCUT2D eigenvalue weighted by Gasteiger charge is -2.30. The second kappa shape index (κ2) is 8.11. The van der Waals surface area contributed by atoms with E-state index < -0.39 is 5.97 Å². The van der Waals surface area contributed by atoms with E-state index in [0.717, 1.165) is 31.0 Å². The molecule has 0 amide bonds. The van der Waals surface area contributed by atoms with Crippen LogP contribution in [0.2, 0.25) is 0 Å². The van der Waals surface area contributed by atoms with Gasteiger partial charge in [-0.25, -0.2) is 4.79 Å². The van der Waals surface area contributed by atoms with Crippen LogP contribution < -0.4 is 9.64 Å². The van der Waals surface area contributed by atoms with Crippen molar-refractivity contribution in [3.05, 3.63) is 29.8 Å². The first kappa shape index (κ1) is 17.5. The average Bonchev–Trinajstić information content (AvgIpc) is 2.52. The van der Waals surface area contributed by atoms with Gasteiger partial charge in [0, 0.05) is 11.8 Å². The summed E-state index contributed by atoms with van der Waals surface area (Å²) in [6.07, 6.45) is 0.953. The number of carbonyl (C=O) groups is 1. The molecule has 5 heteroatoms. The highest BCUT2D eigenvalue weighted by Crippen LogP contribution is 2.15. The number of benzene rings is 1. The molecule has 2 rings (SSSR count). The Bertz CT molecular complexity index is 540. The lowest BCUT2D eigenvalue weighted by atomic mass is 9.90. The van der Waals surface area contributed by atoms with E-state index in [0.29, 0.717) is 24.0 Å². The molecule has 5 nitrogen and oxygen atoms in total. The third kappa shape index (κ3) is 4.79. The predicted molar refractivity (Wildman–Crippen MR) is 90.0 cm³/mol. The largest absolute Gasteiger partial charge is 0.494 e. The molecule has 1 aliphatic heterocycles. The molecular weight excluding hydrogens is 292 g/mol. The Morgan fingerprint density at radius 3 is 2.39 bits per heavy atom. The van der Waals surface area contributed by atoms with E-state index in [4.69, 9.17) is 9.57 Å². The van der Waals surface area contributed by atoms with Crippen molar-refractivity contribution in [2.45, 2.75) is 27.2 Å². The molecule has 0 spiro atoms. The molecule has 1 heterocycles. The predicted octanol–water partition coefficient (Wildman–Crippen LogP) is 1.79. The molecule has 1 aliphatic rings. The topological polar surface area (TPSA) is 52.3 Å². The second-order valence-electron chi connectivity index (χ2n) is 6.44. The molecule has 0 aromatic heterocycles. The Kier molecular flexibility index (Phi) is 6.16. The van der Waals surface area contributed by atoms with Crippen LogP contribution in [-0.4, -0.2) is 38.4 Å². The van der Waals surface area contributed by atoms with Gasteiger partial charge in [-0.05, 0) is 30.7 Å². The average molecular weight is 319 g/mol. The molecule has 1 N–H and O–H groups in total. The smallest absolute Gasteiger partial charge is 0.365 e. The number of likely N-dealkylation sites (tertiary alicyclic amines) is 1. The highest BCUT2D eigenvalue weighted by atomic mass is 16.7. The maximum Gasteiger partial charge on any atom is 0.365 e. The van der Waals surface area contributed by atoms with Crippen LogP contribution in [0.3, 0.4) is 0 Å². The first-order valence-corrected chi connectivity index (χ1v) is 8.34. The third-order valence-corrected chi connectivity index (χ3v) is 4.12. The minimum atomic E-state index is -0.426. The summed E-state index contributed by atoms with van der Waals surface area (Å²) in [6, 6.07) is 6.98. The summed E-state index contributed by atoms with van der Waals surface area (Å²) in [4.78, 5) is 18.8. The summed E-state index contributed by atoms with van der Waals surface area (Å²) in [5, 5.41) is 4.15. The summed E-state index contributed by atoms with van der Waals surface area (Å²) in [5.41, 5.74) is 1.46. The van der Waals surface area contributed by atoms with Crippen LogP contribution in [0.4, 0.5) is 0 Å². The molecule has 1 unspecified atom stereocenters. The van der Waals surface area contributed by atoms with E-state index in [1.807, 2.05) is 0 Å². The van der Waals surface area contributed by atoms with Crippen molar-refractivity contribution in [2.24, 2.45) is 17.0 Å². The lowest BCUT2D eigenvalue weighted by molar-refractivity contribution is -0.887. The van der Waals surface area contributed by atoms with Gasteiger partial charge >= 0.3 is 5.97 Å². The van der Waals surface area contributed by atoms with E-state index in [9.17, 15) is 4.79 Å². The zero-order valence-electron chi connectivity index (χ0n) is 14.5. The summed E-state index contributed by atoms with van der Waals surface area (Å²) >= 11 is 0. The fourth-order valence-electron chi connectivity index (χ4n) is 3.06. The number of ether oxygens (including phenoxy) is 1. The van der Waals surface area contributed by atoms with Gasteiger partial charge in [-0.1, -0.05) is 25.9 Å². The molecule has 0 bridgehead atoms. The van der Waals surface area contributed by atoms with Crippen molar-refractivity contribution in [2.75, 3.05) is 26.7 Å². The summed E-state index contributed by atoms with van der Waals surface area (Å²) < 4.78 is 5.50. The van der Waals surface area contributed by atoms with Gasteiger partial charge in [-0.15, -0.1) is 0 Å². The Morgan fingerprint density at radius 2 is 1.83 bits per heavy atom. The minimum Gasteiger partial charge on any atom is -0.494 e. The van der Waals surface area contributed by atoms with E-state index in [2.05, 4.69) is 33.0 Å². The van der Waals surface area contributed by atoms with E-state index >= 15 is 0 Å². The molecule has 0 saturated carbocycles. The van der Waals surface area contributed by atoms with Crippen LogP contribution >= 0.6 is 0 Å². The van der Waals surface area contributed by atoms with Crippen molar-refractivity contribution < 1.29 is 19.3 Å². The number of oxime groups is 1. The van der Waals surface area contributed by atoms with Crippen LogP contribution in [0.15, 0.2) is 29.4 Å². The SMILES string of the molecule is CCCOc1ccc(C(=O)ON=C2[C@H](C)C[NH+](C)C[C@@H]2C)cc1. The van der Waals surface area contributed by atoms with Gasteiger partial charge in [0.15, 0.2) is 0 Å². The van der Waals surface area contributed by atoms with Crippen LogP contribution in [0.5, 0.6) is 5.75 Å². The standard InChI is InChI=1S/C18H26N2O3/c1-5-10-22-16-8-6-15(7-9-16)18(21)23-19-17-13(2)11-20(4)12-14(17)3/h6-9,13-14H,5,10-12H2,1-4H3/p+1/t13-,14+. The van der Waals surface area contributed by atoms with Crippen molar-refractivity contribution in [3.63, 3.8) is 0 Å². The Labute approximate surface area is 138 Å². The fourth-order valence-corrected chi connectivity index (χ4v) is 3.06. The molecular formula is C18H27N2O3+. The summed E-state index contributed by atoms with van der Waals surface area (Å²) in [6.45, 7) is 9.02. The number of rotatable bonds is 5. The summed E-state index contributed by atoms with van der Waals surface area (Å²) in [7, 11) is 2.18. The third-order valence-electron chi connectivity index (χ3n) is 4.12. The first-order valence-electron chi connectivity index (χ1n) is 8.34. The Hall–Kier alpha value is -1.88. The van der Waals surface area contributed by atoms with Crippen molar-refractivity contribution >= 4 is 11.7 Å². The Morgan fingerprint density at radius 1 is 1.22 bits per heavy atom. The van der Waals surface area contributed by atoms with Gasteiger partial charge < -0.3 is 14.5 Å². The molecule has 0 aliphatic carbocycles. The van der Waals surface area contributed by atoms with E-state index in [1.165, 1.54) is 4.90 Å². The van der Waals surface area contributed by atoms with Gasteiger partial charge in [0.05, 0.1) is 38.0 Å². The van der Waals surface area contributed by atoms with E-state index in [-0.39, 0.29) is 0 Å². The zero-order valence-corrected chi connectivity index (χ0v) is 14.5. The van der Waals surface area contributed by atoms with E-state index in [1.54, 1.807) is 24.3 Å². The van der Waals surface area contributed by atoms with Crippen LogP contribution in [0.25, 0.3) is 0 Å². The summed E-state index contributed by atoms with van der Waals surface area (Å²) in [5.74, 6) is 0.994. The van der Waals surface area contributed by atoms with Crippen molar-refractivity contribution in [1.82, 2.24) is 0 Å². The Balaban J connectivity index is 1.97.